The number of benzene rings is 1. The first-order valence-electron chi connectivity index (χ1n) is 6.85. The van der Waals surface area contributed by atoms with Crippen LogP contribution in [0.25, 0.3) is 0 Å². The van der Waals surface area contributed by atoms with Gasteiger partial charge in [-0.05, 0) is 61.7 Å². The molecular formula is C16H23BrO3. The van der Waals surface area contributed by atoms with Crippen molar-refractivity contribution in [2.75, 3.05) is 13.2 Å². The summed E-state index contributed by atoms with van der Waals surface area (Å²) in [6.45, 7) is 10.6. The summed E-state index contributed by atoms with van der Waals surface area (Å²) in [5.74, 6) is 0.732. The van der Waals surface area contributed by atoms with Crippen molar-refractivity contribution in [2.45, 2.75) is 46.6 Å². The highest BCUT2D eigenvalue weighted by Gasteiger charge is 2.15. The van der Waals surface area contributed by atoms with Crippen molar-refractivity contribution in [2.24, 2.45) is 0 Å². The molecule has 0 N–H and O–H groups in total. The number of ether oxygens (including phenoxy) is 2. The number of hydrogen-bond donors (Lipinski definition) is 0. The molecule has 0 saturated heterocycles. The van der Waals surface area contributed by atoms with Gasteiger partial charge in [-0.15, -0.1) is 0 Å². The van der Waals surface area contributed by atoms with E-state index < -0.39 is 0 Å². The lowest BCUT2D eigenvalue weighted by molar-refractivity contribution is -0.0163. The molecule has 0 bridgehead atoms. The topological polar surface area (TPSA) is 35.5 Å². The highest BCUT2D eigenvalue weighted by molar-refractivity contribution is 9.10. The second-order valence-electron chi connectivity index (χ2n) is 5.63. The van der Waals surface area contributed by atoms with Crippen LogP contribution in [0.5, 0.6) is 5.75 Å². The van der Waals surface area contributed by atoms with Crippen molar-refractivity contribution in [3.8, 4) is 5.75 Å². The van der Waals surface area contributed by atoms with E-state index in [-0.39, 0.29) is 11.4 Å². The Morgan fingerprint density at radius 3 is 2.40 bits per heavy atom. The summed E-state index contributed by atoms with van der Waals surface area (Å²) < 4.78 is 12.0. The molecule has 20 heavy (non-hydrogen) atoms. The Balaban J connectivity index is 2.77. The van der Waals surface area contributed by atoms with Gasteiger partial charge < -0.3 is 9.47 Å². The first kappa shape index (κ1) is 17.2. The zero-order valence-electron chi connectivity index (χ0n) is 12.9. The molecule has 0 spiro atoms. The lowest BCUT2D eigenvalue weighted by Gasteiger charge is -2.20. The third-order valence-corrected chi connectivity index (χ3v) is 3.59. The molecule has 0 aliphatic carbocycles. The molecule has 1 aromatic rings. The fourth-order valence-electron chi connectivity index (χ4n) is 1.88. The Kier molecular flexibility index (Phi) is 6.21. The molecule has 0 radical (unpaired) electrons. The normalized spacial score (nSPS) is 11.5. The van der Waals surface area contributed by atoms with Crippen LogP contribution >= 0.6 is 15.9 Å². The first-order chi connectivity index (χ1) is 9.26. The maximum Gasteiger partial charge on any atom is 0.161 e. The number of hydrogen-bond acceptors (Lipinski definition) is 3. The van der Waals surface area contributed by atoms with Gasteiger partial charge in [-0.2, -0.15) is 0 Å². The second kappa shape index (κ2) is 7.23. The van der Waals surface area contributed by atoms with Gasteiger partial charge in [0, 0.05) is 5.56 Å². The summed E-state index contributed by atoms with van der Waals surface area (Å²) in [6.07, 6.45) is 0.820. The van der Waals surface area contributed by atoms with Crippen LogP contribution in [0.1, 0.15) is 50.5 Å². The van der Waals surface area contributed by atoms with E-state index in [1.54, 1.807) is 6.92 Å². The van der Waals surface area contributed by atoms with Gasteiger partial charge in [0.2, 0.25) is 0 Å². The van der Waals surface area contributed by atoms with Gasteiger partial charge in [0.05, 0.1) is 16.7 Å². The summed E-state index contributed by atoms with van der Waals surface area (Å²) >= 11 is 3.48. The quantitative estimate of drug-likeness (QED) is 0.567. The van der Waals surface area contributed by atoms with E-state index in [0.29, 0.717) is 24.5 Å². The predicted octanol–water partition coefficient (Wildman–Crippen LogP) is 4.41. The van der Waals surface area contributed by atoms with Gasteiger partial charge in [-0.3, -0.25) is 4.79 Å². The lowest BCUT2D eigenvalue weighted by atomic mass is 10.0. The molecule has 0 aromatic heterocycles. The van der Waals surface area contributed by atoms with Gasteiger partial charge in [0.15, 0.2) is 5.78 Å². The third-order valence-electron chi connectivity index (χ3n) is 2.80. The maximum absolute atomic E-state index is 11.7. The molecule has 3 nitrogen and oxygen atoms in total. The Bertz CT molecular complexity index is 475. The number of Topliss-reactive ketones (excluding diaryl/α,β-unsaturated/α-hetero) is 1. The minimum Gasteiger partial charge on any atom is -0.490 e. The van der Waals surface area contributed by atoms with Crippen LogP contribution in [0.3, 0.4) is 0 Å². The molecule has 0 atom stereocenters. The van der Waals surface area contributed by atoms with E-state index in [9.17, 15) is 4.79 Å². The monoisotopic (exact) mass is 342 g/mol. The molecule has 0 aliphatic rings. The zero-order valence-corrected chi connectivity index (χ0v) is 14.5. The Morgan fingerprint density at radius 1 is 1.25 bits per heavy atom. The standard InChI is InChI=1S/C16H23BrO3/c1-6-12-7-8-13(15(17)14(12)11(2)18)19-9-10-20-16(3,4)5/h7-8H,6,9-10H2,1-5H3. The highest BCUT2D eigenvalue weighted by Crippen LogP contribution is 2.32. The van der Waals surface area contributed by atoms with Crippen molar-refractivity contribution in [1.29, 1.82) is 0 Å². The molecule has 0 fully saturated rings. The largest absolute Gasteiger partial charge is 0.490 e. The van der Waals surface area contributed by atoms with Crippen molar-refractivity contribution in [1.82, 2.24) is 0 Å². The molecule has 112 valence electrons. The van der Waals surface area contributed by atoms with Gasteiger partial charge in [-0.1, -0.05) is 13.0 Å². The summed E-state index contributed by atoms with van der Waals surface area (Å²) in [6, 6.07) is 3.84. The van der Waals surface area contributed by atoms with E-state index in [2.05, 4.69) is 15.9 Å². The maximum atomic E-state index is 11.7. The number of ketones is 1. The average Bonchev–Trinajstić information content (AvgIpc) is 2.33. The van der Waals surface area contributed by atoms with Crippen LogP contribution < -0.4 is 4.74 Å². The SMILES string of the molecule is CCc1ccc(OCCOC(C)(C)C)c(Br)c1C(C)=O. The van der Waals surface area contributed by atoms with Crippen molar-refractivity contribution < 1.29 is 14.3 Å². The minimum atomic E-state index is -0.169. The number of aryl methyl sites for hydroxylation is 1. The van der Waals surface area contributed by atoms with E-state index in [4.69, 9.17) is 9.47 Å². The summed E-state index contributed by atoms with van der Waals surface area (Å²) in [7, 11) is 0. The molecule has 0 unspecified atom stereocenters. The van der Waals surface area contributed by atoms with Gasteiger partial charge >= 0.3 is 0 Å². The predicted molar refractivity (Wildman–Crippen MR) is 84.7 cm³/mol. The van der Waals surface area contributed by atoms with Crippen molar-refractivity contribution >= 4 is 21.7 Å². The molecule has 1 aromatic carbocycles. The fourth-order valence-corrected chi connectivity index (χ4v) is 2.66. The van der Waals surface area contributed by atoms with Crippen LogP contribution in [0.15, 0.2) is 16.6 Å². The Labute approximate surface area is 129 Å². The van der Waals surface area contributed by atoms with Crippen LogP contribution in [-0.2, 0) is 11.2 Å². The fraction of sp³-hybridized carbons (Fsp3) is 0.562. The van der Waals surface area contributed by atoms with Crippen LogP contribution in [0.4, 0.5) is 0 Å². The summed E-state index contributed by atoms with van der Waals surface area (Å²) in [4.78, 5) is 11.7. The zero-order chi connectivity index (χ0) is 15.3. The second-order valence-corrected chi connectivity index (χ2v) is 6.42. The molecular weight excluding hydrogens is 320 g/mol. The van der Waals surface area contributed by atoms with E-state index in [0.717, 1.165) is 16.5 Å². The third kappa shape index (κ3) is 4.91. The minimum absolute atomic E-state index is 0.0464. The van der Waals surface area contributed by atoms with E-state index in [1.807, 2.05) is 39.8 Å². The van der Waals surface area contributed by atoms with Crippen LogP contribution in [-0.4, -0.2) is 24.6 Å². The average molecular weight is 343 g/mol. The molecule has 4 heteroatoms. The number of carbonyl (C=O) groups excluding carboxylic acids is 1. The van der Waals surface area contributed by atoms with Crippen molar-refractivity contribution in [3.63, 3.8) is 0 Å². The number of carbonyl (C=O) groups is 1. The number of halogens is 1. The lowest BCUT2D eigenvalue weighted by Crippen LogP contribution is -2.22. The first-order valence-corrected chi connectivity index (χ1v) is 7.64. The molecule has 0 saturated carbocycles. The molecule has 1 rings (SSSR count). The summed E-state index contributed by atoms with van der Waals surface area (Å²) in [5.41, 5.74) is 1.57. The van der Waals surface area contributed by atoms with Crippen LogP contribution in [0, 0.1) is 0 Å². The van der Waals surface area contributed by atoms with E-state index in [1.165, 1.54) is 0 Å². The van der Waals surface area contributed by atoms with Gasteiger partial charge in [-0.25, -0.2) is 0 Å². The highest BCUT2D eigenvalue weighted by atomic mass is 79.9. The Hall–Kier alpha value is -0.870. The molecule has 0 amide bonds. The smallest absolute Gasteiger partial charge is 0.161 e. The molecule has 0 aliphatic heterocycles. The number of rotatable bonds is 6. The summed E-state index contributed by atoms with van der Waals surface area (Å²) in [5, 5.41) is 0. The van der Waals surface area contributed by atoms with Gasteiger partial charge in [0.25, 0.3) is 0 Å². The Morgan fingerprint density at radius 2 is 1.90 bits per heavy atom. The van der Waals surface area contributed by atoms with Crippen molar-refractivity contribution in [3.05, 3.63) is 27.7 Å². The van der Waals surface area contributed by atoms with Gasteiger partial charge in [0.1, 0.15) is 12.4 Å². The van der Waals surface area contributed by atoms with Crippen LogP contribution in [0.2, 0.25) is 0 Å². The molecule has 0 heterocycles. The van der Waals surface area contributed by atoms with E-state index >= 15 is 0 Å².